The summed E-state index contributed by atoms with van der Waals surface area (Å²) in [5.41, 5.74) is 6.03. The summed E-state index contributed by atoms with van der Waals surface area (Å²) in [7, 11) is -3.10. The predicted molar refractivity (Wildman–Crippen MR) is 208 cm³/mol. The van der Waals surface area contributed by atoms with Crippen molar-refractivity contribution in [2.75, 3.05) is 0 Å². The van der Waals surface area contributed by atoms with Gasteiger partial charge in [-0.3, -0.25) is 9.13 Å². The summed E-state index contributed by atoms with van der Waals surface area (Å²) in [6.07, 6.45) is 3.58. The third kappa shape index (κ3) is 3.98. The molecule has 244 valence electrons. The number of nitrogens with zero attached hydrogens (tertiary/aromatic N) is 7. The third-order valence-corrected chi connectivity index (χ3v) is 13.3. The van der Waals surface area contributed by atoms with Crippen LogP contribution in [0.3, 0.4) is 0 Å². The minimum atomic E-state index is -3.10. The van der Waals surface area contributed by atoms with E-state index in [2.05, 4.69) is 48.5 Å². The Kier molecular flexibility index (Phi) is 6.06. The van der Waals surface area contributed by atoms with Gasteiger partial charge in [-0.1, -0.05) is 97.1 Å². The molecule has 9 heteroatoms. The van der Waals surface area contributed by atoms with Gasteiger partial charge in [-0.15, -0.1) is 0 Å². The lowest BCUT2D eigenvalue weighted by Gasteiger charge is -2.16. The molecule has 1 aliphatic rings. The van der Waals surface area contributed by atoms with E-state index in [0.29, 0.717) is 17.7 Å². The average molecular weight is 688 g/mol. The summed E-state index contributed by atoms with van der Waals surface area (Å²) in [5.74, 6) is 1.34. The summed E-state index contributed by atoms with van der Waals surface area (Å²) >= 11 is 0. The van der Waals surface area contributed by atoms with Gasteiger partial charge in [0.15, 0.2) is 13.0 Å². The summed E-state index contributed by atoms with van der Waals surface area (Å²) in [6.45, 7) is 0. The third-order valence-electron chi connectivity index (χ3n) is 10.1. The first-order valence-electron chi connectivity index (χ1n) is 17.0. The lowest BCUT2D eigenvalue weighted by Crippen LogP contribution is -2.20. The molecule has 0 spiro atoms. The van der Waals surface area contributed by atoms with Crippen LogP contribution in [0.5, 0.6) is 0 Å². The molecule has 6 heterocycles. The van der Waals surface area contributed by atoms with Gasteiger partial charge in [-0.2, -0.15) is 15.0 Å². The molecule has 0 radical (unpaired) electrons. The Morgan fingerprint density at radius 1 is 0.462 bits per heavy atom. The van der Waals surface area contributed by atoms with E-state index in [1.54, 1.807) is 12.4 Å². The molecule has 11 rings (SSSR count). The van der Waals surface area contributed by atoms with E-state index in [1.165, 1.54) is 0 Å². The second-order valence-electron chi connectivity index (χ2n) is 12.9. The molecule has 0 bridgehead atoms. The maximum atomic E-state index is 15.2. The molecule has 0 N–H and O–H groups in total. The molecule has 8 nitrogen and oxygen atoms in total. The molecule has 1 atom stereocenters. The fourth-order valence-corrected chi connectivity index (χ4v) is 10.9. The van der Waals surface area contributed by atoms with Gasteiger partial charge >= 0.3 is 0 Å². The molecule has 5 aromatic carbocycles. The first-order valence-corrected chi connectivity index (χ1v) is 18.7. The Bertz CT molecular complexity index is 2890. The number of aromatic nitrogens is 7. The molecule has 0 amide bonds. The summed E-state index contributed by atoms with van der Waals surface area (Å²) in [6, 6.07) is 48.3. The van der Waals surface area contributed by atoms with Crippen molar-refractivity contribution >= 4 is 66.9 Å². The number of benzene rings is 5. The normalized spacial score (nSPS) is 15.1. The molecule has 0 saturated carbocycles. The van der Waals surface area contributed by atoms with Crippen molar-refractivity contribution in [3.8, 4) is 34.4 Å². The number of para-hydroxylation sites is 2. The highest BCUT2D eigenvalue weighted by Crippen LogP contribution is 2.52. The molecule has 0 fully saturated rings. The van der Waals surface area contributed by atoms with Crippen molar-refractivity contribution in [3.63, 3.8) is 0 Å². The van der Waals surface area contributed by atoms with E-state index in [1.807, 2.05) is 106 Å². The van der Waals surface area contributed by atoms with Gasteiger partial charge in [0.2, 0.25) is 11.9 Å². The van der Waals surface area contributed by atoms with E-state index in [0.717, 1.165) is 76.5 Å². The Balaban J connectivity index is 1.21. The van der Waals surface area contributed by atoms with Crippen LogP contribution in [0.4, 0.5) is 0 Å². The lowest BCUT2D eigenvalue weighted by molar-refractivity contribution is 0.593. The second kappa shape index (κ2) is 10.9. The van der Waals surface area contributed by atoms with Crippen LogP contribution in [0.2, 0.25) is 0 Å². The van der Waals surface area contributed by atoms with Gasteiger partial charge in [0.05, 0.1) is 11.0 Å². The highest BCUT2D eigenvalue weighted by molar-refractivity contribution is 7.86. The van der Waals surface area contributed by atoms with Crippen LogP contribution in [-0.4, -0.2) is 34.1 Å². The fraction of sp³-hybridized carbons (Fsp3) is 0. The molecule has 1 aliphatic heterocycles. The van der Waals surface area contributed by atoms with Crippen LogP contribution >= 0.6 is 7.14 Å². The first kappa shape index (κ1) is 29.0. The van der Waals surface area contributed by atoms with Crippen LogP contribution in [0.15, 0.2) is 158 Å². The monoisotopic (exact) mass is 687 g/mol. The van der Waals surface area contributed by atoms with E-state index in [4.69, 9.17) is 24.9 Å². The van der Waals surface area contributed by atoms with Gasteiger partial charge in [0.25, 0.3) is 0 Å². The Labute approximate surface area is 297 Å². The van der Waals surface area contributed by atoms with Crippen LogP contribution in [-0.2, 0) is 4.57 Å². The van der Waals surface area contributed by atoms with Crippen molar-refractivity contribution in [2.24, 2.45) is 0 Å². The van der Waals surface area contributed by atoms with Crippen LogP contribution in [0, 0.1) is 0 Å². The largest absolute Gasteiger partial charge is 0.309 e. The molecular formula is C43H26N7OP. The molecule has 52 heavy (non-hydrogen) atoms. The number of pyridine rings is 2. The van der Waals surface area contributed by atoms with Gasteiger partial charge in [-0.25, -0.2) is 9.97 Å². The van der Waals surface area contributed by atoms with Gasteiger partial charge in [0, 0.05) is 55.4 Å². The Morgan fingerprint density at radius 2 is 1.00 bits per heavy atom. The zero-order valence-corrected chi connectivity index (χ0v) is 28.4. The van der Waals surface area contributed by atoms with Crippen molar-refractivity contribution in [1.82, 2.24) is 34.1 Å². The molecule has 1 unspecified atom stereocenters. The average Bonchev–Trinajstić information content (AvgIpc) is 3.82. The number of rotatable bonds is 4. The number of hydrogen-bond donors (Lipinski definition) is 0. The van der Waals surface area contributed by atoms with Crippen molar-refractivity contribution in [1.29, 1.82) is 0 Å². The lowest BCUT2D eigenvalue weighted by atomic mass is 10.0. The topological polar surface area (TPSA) is 91.4 Å². The molecular weight excluding hydrogens is 661 g/mol. The smallest absolute Gasteiger partial charge is 0.241 e. The molecule has 0 saturated heterocycles. The maximum Gasteiger partial charge on any atom is 0.241 e. The van der Waals surface area contributed by atoms with E-state index in [-0.39, 0.29) is 0 Å². The second-order valence-corrected chi connectivity index (χ2v) is 15.6. The van der Waals surface area contributed by atoms with E-state index in [9.17, 15) is 0 Å². The standard InChI is InChI=1S/C43H26N7OP/c51-52(28-12-2-1-3-13-28)37-21-9-6-16-31(37)34-26-27(22-23-38(34)52)39-46-42(49-35-19-7-4-14-29(35)32-17-10-24-44-40(32)49)48-43(47-39)50-36-20-8-5-15-30(36)33-18-11-25-45-41(33)50/h1-26H. The molecule has 0 aliphatic carbocycles. The minimum absolute atomic E-state index is 0.433. The molecule has 10 aromatic rings. The van der Waals surface area contributed by atoms with Crippen molar-refractivity contribution in [3.05, 3.63) is 158 Å². The molecule has 5 aromatic heterocycles. The van der Waals surface area contributed by atoms with Crippen LogP contribution in [0.25, 0.3) is 78.3 Å². The zero-order chi connectivity index (χ0) is 34.4. The highest BCUT2D eigenvalue weighted by atomic mass is 31.2. The van der Waals surface area contributed by atoms with Crippen LogP contribution < -0.4 is 15.9 Å². The fourth-order valence-electron chi connectivity index (χ4n) is 7.87. The van der Waals surface area contributed by atoms with Crippen LogP contribution in [0.1, 0.15) is 0 Å². The minimum Gasteiger partial charge on any atom is -0.309 e. The quantitative estimate of drug-likeness (QED) is 0.174. The van der Waals surface area contributed by atoms with Gasteiger partial charge in [0.1, 0.15) is 11.3 Å². The highest BCUT2D eigenvalue weighted by Gasteiger charge is 2.40. The zero-order valence-electron chi connectivity index (χ0n) is 27.5. The first-order chi connectivity index (χ1) is 25.7. The summed E-state index contributed by atoms with van der Waals surface area (Å²) in [4.78, 5) is 25.2. The van der Waals surface area contributed by atoms with Crippen molar-refractivity contribution in [2.45, 2.75) is 0 Å². The number of fused-ring (bicyclic) bond motifs is 9. The number of hydrogen-bond acceptors (Lipinski definition) is 6. The van der Waals surface area contributed by atoms with Gasteiger partial charge in [-0.05, 0) is 59.7 Å². The summed E-state index contributed by atoms with van der Waals surface area (Å²) < 4.78 is 19.2. The Hall–Kier alpha value is -6.76. The van der Waals surface area contributed by atoms with E-state index >= 15 is 4.57 Å². The van der Waals surface area contributed by atoms with Gasteiger partial charge < -0.3 is 4.57 Å². The van der Waals surface area contributed by atoms with Crippen molar-refractivity contribution < 1.29 is 4.57 Å². The summed E-state index contributed by atoms with van der Waals surface area (Å²) in [5, 5.41) is 6.60. The predicted octanol–water partition coefficient (Wildman–Crippen LogP) is 8.14. The Morgan fingerprint density at radius 3 is 1.65 bits per heavy atom. The SMILES string of the molecule is O=P1(c2ccccc2)c2ccccc2-c2cc(-c3nc(-n4c5ccccc5c5cccnc54)nc(-n4c5ccccc5c5cccnc54)n3)ccc21. The van der Waals surface area contributed by atoms with E-state index < -0.39 is 7.14 Å². The maximum absolute atomic E-state index is 15.2.